The number of hydrogen-bond donors (Lipinski definition) is 2. The number of carbonyl (C=O) groups excluding carboxylic acids is 1. The fraction of sp³-hybridized carbons (Fsp3) is 0.611. The number of piperidine rings is 1. The maximum Gasteiger partial charge on any atom is 0.338 e. The molecular weight excluding hydrogens is 356 g/mol. The molecule has 0 bridgehead atoms. The smallest absolute Gasteiger partial charge is 0.338 e. The van der Waals surface area contributed by atoms with Gasteiger partial charge in [0.05, 0.1) is 23.7 Å². The molecule has 1 fully saturated rings. The fourth-order valence-corrected chi connectivity index (χ4v) is 4.62. The quantitative estimate of drug-likeness (QED) is 0.659. The van der Waals surface area contributed by atoms with Crippen LogP contribution in [-0.2, 0) is 19.5 Å². The molecule has 8 heteroatoms. The number of hydrogen-bond acceptors (Lipinski definition) is 6. The summed E-state index contributed by atoms with van der Waals surface area (Å²) in [6.07, 6.45) is 1.68. The van der Waals surface area contributed by atoms with E-state index in [0.29, 0.717) is 18.7 Å². The Kier molecular flexibility index (Phi) is 7.16. The molecule has 0 unspecified atom stereocenters. The van der Waals surface area contributed by atoms with Gasteiger partial charge in [0.2, 0.25) is 10.0 Å². The van der Waals surface area contributed by atoms with Gasteiger partial charge in [-0.15, -0.1) is 0 Å². The highest BCUT2D eigenvalue weighted by molar-refractivity contribution is 7.89. The van der Waals surface area contributed by atoms with Crippen LogP contribution >= 0.6 is 0 Å². The van der Waals surface area contributed by atoms with Crippen molar-refractivity contribution < 1.29 is 22.7 Å². The summed E-state index contributed by atoms with van der Waals surface area (Å²) in [6.45, 7) is 6.12. The first-order valence-corrected chi connectivity index (χ1v) is 10.3. The average molecular weight is 384 g/mol. The predicted molar refractivity (Wildman–Crippen MR) is 98.7 cm³/mol. The van der Waals surface area contributed by atoms with Crippen LogP contribution in [0.4, 0.5) is 0 Å². The predicted octanol–water partition coefficient (Wildman–Crippen LogP) is 1.47. The summed E-state index contributed by atoms with van der Waals surface area (Å²) in [5.41, 5.74) is 0.586. The molecule has 146 valence electrons. The molecule has 1 aliphatic heterocycles. The average Bonchev–Trinajstić information content (AvgIpc) is 2.62. The largest absolute Gasteiger partial charge is 0.462 e. The Morgan fingerprint density at radius 2 is 2.00 bits per heavy atom. The lowest BCUT2D eigenvalue weighted by atomic mass is 9.80. The van der Waals surface area contributed by atoms with Crippen LogP contribution in [-0.4, -0.2) is 54.3 Å². The van der Waals surface area contributed by atoms with Crippen molar-refractivity contribution in [2.45, 2.75) is 31.6 Å². The van der Waals surface area contributed by atoms with E-state index >= 15 is 0 Å². The summed E-state index contributed by atoms with van der Waals surface area (Å²) in [5, 5.41) is 3.28. The zero-order valence-electron chi connectivity index (χ0n) is 15.6. The molecule has 0 aliphatic carbocycles. The molecule has 2 N–H and O–H groups in total. The van der Waals surface area contributed by atoms with Crippen molar-refractivity contribution in [3.8, 4) is 0 Å². The number of ether oxygens (including phenoxy) is 2. The highest BCUT2D eigenvalue weighted by atomic mass is 32.2. The highest BCUT2D eigenvalue weighted by Crippen LogP contribution is 2.29. The van der Waals surface area contributed by atoms with Crippen LogP contribution < -0.4 is 10.0 Å². The molecule has 0 radical (unpaired) electrons. The first-order chi connectivity index (χ1) is 12.3. The van der Waals surface area contributed by atoms with Crippen molar-refractivity contribution in [3.05, 3.63) is 29.3 Å². The number of sulfonamides is 1. The fourth-order valence-electron chi connectivity index (χ4n) is 3.19. The van der Waals surface area contributed by atoms with E-state index in [1.54, 1.807) is 33.1 Å². The van der Waals surface area contributed by atoms with E-state index in [0.717, 1.165) is 25.9 Å². The summed E-state index contributed by atoms with van der Waals surface area (Å²) in [5.74, 6) is -0.529. The summed E-state index contributed by atoms with van der Waals surface area (Å²) in [4.78, 5) is 12.0. The van der Waals surface area contributed by atoms with E-state index in [2.05, 4.69) is 10.0 Å². The second kappa shape index (κ2) is 8.94. The molecule has 1 heterocycles. The van der Waals surface area contributed by atoms with Crippen LogP contribution in [0.15, 0.2) is 23.1 Å². The minimum atomic E-state index is -3.75. The first-order valence-electron chi connectivity index (χ1n) is 8.81. The Morgan fingerprint density at radius 3 is 2.62 bits per heavy atom. The lowest BCUT2D eigenvalue weighted by Crippen LogP contribution is -2.47. The van der Waals surface area contributed by atoms with Gasteiger partial charge in [-0.05, 0) is 57.5 Å². The molecule has 0 saturated carbocycles. The van der Waals surface area contributed by atoms with Crippen LogP contribution in [0.5, 0.6) is 0 Å². The molecule has 1 saturated heterocycles. The van der Waals surface area contributed by atoms with Crippen LogP contribution in [0.25, 0.3) is 0 Å². The third kappa shape index (κ3) is 5.03. The Morgan fingerprint density at radius 1 is 1.31 bits per heavy atom. The third-order valence-corrected chi connectivity index (χ3v) is 6.28. The van der Waals surface area contributed by atoms with Crippen molar-refractivity contribution in [2.75, 3.05) is 40.0 Å². The number of benzene rings is 1. The Bertz CT molecular complexity index is 722. The van der Waals surface area contributed by atoms with Gasteiger partial charge in [-0.3, -0.25) is 0 Å². The van der Waals surface area contributed by atoms with E-state index < -0.39 is 16.0 Å². The highest BCUT2D eigenvalue weighted by Gasteiger charge is 2.34. The molecule has 0 spiro atoms. The molecule has 1 aromatic rings. The van der Waals surface area contributed by atoms with Gasteiger partial charge in [-0.25, -0.2) is 17.9 Å². The Hall–Kier alpha value is -1.48. The van der Waals surface area contributed by atoms with E-state index in [-0.39, 0.29) is 22.5 Å². The van der Waals surface area contributed by atoms with Crippen LogP contribution in [0.3, 0.4) is 0 Å². The van der Waals surface area contributed by atoms with E-state index in [1.165, 1.54) is 6.07 Å². The van der Waals surface area contributed by atoms with E-state index in [4.69, 9.17) is 9.47 Å². The first kappa shape index (κ1) is 20.8. The van der Waals surface area contributed by atoms with Gasteiger partial charge in [0.15, 0.2) is 0 Å². The topological polar surface area (TPSA) is 93.7 Å². The zero-order chi connectivity index (χ0) is 19.2. The Balaban J connectivity index is 2.21. The minimum Gasteiger partial charge on any atom is -0.462 e. The number of carbonyl (C=O) groups is 1. The van der Waals surface area contributed by atoms with Crippen molar-refractivity contribution >= 4 is 16.0 Å². The van der Waals surface area contributed by atoms with Gasteiger partial charge in [0.1, 0.15) is 0 Å². The van der Waals surface area contributed by atoms with E-state index in [1.807, 2.05) is 0 Å². The van der Waals surface area contributed by atoms with Crippen LogP contribution in [0, 0.1) is 12.3 Å². The summed E-state index contributed by atoms with van der Waals surface area (Å²) >= 11 is 0. The van der Waals surface area contributed by atoms with Crippen LogP contribution in [0.2, 0.25) is 0 Å². The molecule has 0 amide bonds. The van der Waals surface area contributed by atoms with Crippen molar-refractivity contribution in [3.63, 3.8) is 0 Å². The normalized spacial score (nSPS) is 17.0. The maximum absolute atomic E-state index is 12.9. The maximum atomic E-state index is 12.9. The second-order valence-corrected chi connectivity index (χ2v) is 8.44. The number of nitrogens with one attached hydrogen (secondary N) is 2. The minimum absolute atomic E-state index is 0.101. The lowest BCUT2D eigenvalue weighted by molar-refractivity contribution is 0.0526. The van der Waals surface area contributed by atoms with Crippen molar-refractivity contribution in [1.29, 1.82) is 0 Å². The molecule has 1 aromatic carbocycles. The van der Waals surface area contributed by atoms with Gasteiger partial charge in [-0.2, -0.15) is 0 Å². The van der Waals surface area contributed by atoms with Crippen molar-refractivity contribution in [1.82, 2.24) is 10.0 Å². The summed E-state index contributed by atoms with van der Waals surface area (Å²) in [7, 11) is -2.12. The SMILES string of the molecule is CCOC(=O)c1ccc(C)c(S(=O)(=O)NCC2(COC)CCNCC2)c1. The van der Waals surface area contributed by atoms with Gasteiger partial charge in [-0.1, -0.05) is 6.07 Å². The van der Waals surface area contributed by atoms with E-state index in [9.17, 15) is 13.2 Å². The molecule has 0 aromatic heterocycles. The van der Waals surface area contributed by atoms with Gasteiger partial charge >= 0.3 is 5.97 Å². The van der Waals surface area contributed by atoms with Crippen LogP contribution in [0.1, 0.15) is 35.7 Å². The van der Waals surface area contributed by atoms with Crippen molar-refractivity contribution in [2.24, 2.45) is 5.41 Å². The molecule has 7 nitrogen and oxygen atoms in total. The van der Waals surface area contributed by atoms with Gasteiger partial charge in [0.25, 0.3) is 0 Å². The molecule has 26 heavy (non-hydrogen) atoms. The Labute approximate surface area is 155 Å². The summed E-state index contributed by atoms with van der Waals surface area (Å²) in [6, 6.07) is 4.57. The zero-order valence-corrected chi connectivity index (χ0v) is 16.4. The monoisotopic (exact) mass is 384 g/mol. The number of esters is 1. The number of aryl methyl sites for hydroxylation is 1. The molecule has 0 atom stereocenters. The molecule has 2 rings (SSSR count). The lowest BCUT2D eigenvalue weighted by Gasteiger charge is -2.37. The summed E-state index contributed by atoms with van der Waals surface area (Å²) < 4.78 is 38.7. The van der Waals surface area contributed by atoms with Gasteiger partial charge in [0, 0.05) is 19.1 Å². The molecule has 1 aliphatic rings. The standard InChI is InChI=1S/C18H28N2O5S/c1-4-25-17(21)15-6-5-14(2)16(11-15)26(22,23)20-12-18(13-24-3)7-9-19-10-8-18/h5-6,11,19-20H,4,7-10,12-13H2,1-3H3. The van der Waals surface area contributed by atoms with Gasteiger partial charge < -0.3 is 14.8 Å². The number of rotatable bonds is 8. The third-order valence-electron chi connectivity index (χ3n) is 4.74. The number of methoxy groups -OCH3 is 1. The second-order valence-electron chi connectivity index (χ2n) is 6.71. The molecular formula is C18H28N2O5S.